The standard InChI is InChI=1S/C29H28N4O4/c1-35-26-9-5-6-22(20-26)27-14-15-28(31-30-27)32-16-18-33(19-17-32)29(34)21-36-23-10-12-25(13-11-23)37-24-7-3-2-4-8-24/h2-15,20H,16-19,21H2,1H3. The van der Waals surface area contributed by atoms with E-state index in [2.05, 4.69) is 15.1 Å². The number of piperazine rings is 1. The number of hydrogen-bond acceptors (Lipinski definition) is 7. The molecule has 188 valence electrons. The van der Waals surface area contributed by atoms with Gasteiger partial charge in [-0.15, -0.1) is 10.2 Å². The second kappa shape index (κ2) is 11.4. The van der Waals surface area contributed by atoms with Gasteiger partial charge in [0, 0.05) is 31.7 Å². The van der Waals surface area contributed by atoms with Crippen molar-refractivity contribution in [1.29, 1.82) is 0 Å². The molecule has 3 aromatic carbocycles. The summed E-state index contributed by atoms with van der Waals surface area (Å²) in [5.41, 5.74) is 1.74. The van der Waals surface area contributed by atoms with E-state index in [-0.39, 0.29) is 12.5 Å². The van der Waals surface area contributed by atoms with Gasteiger partial charge in [-0.05, 0) is 60.7 Å². The van der Waals surface area contributed by atoms with Gasteiger partial charge >= 0.3 is 0 Å². The molecule has 8 heteroatoms. The molecule has 5 rings (SSSR count). The summed E-state index contributed by atoms with van der Waals surface area (Å²) in [6.45, 7) is 2.57. The molecule has 0 atom stereocenters. The monoisotopic (exact) mass is 496 g/mol. The first-order valence-electron chi connectivity index (χ1n) is 12.1. The van der Waals surface area contributed by atoms with Gasteiger partial charge in [0.05, 0.1) is 12.8 Å². The molecule has 1 aliphatic heterocycles. The summed E-state index contributed by atoms with van der Waals surface area (Å²) in [6, 6.07) is 28.5. The summed E-state index contributed by atoms with van der Waals surface area (Å²) >= 11 is 0. The Morgan fingerprint density at radius 2 is 1.46 bits per heavy atom. The molecule has 2 heterocycles. The summed E-state index contributed by atoms with van der Waals surface area (Å²) < 4.78 is 16.8. The number of anilines is 1. The lowest BCUT2D eigenvalue weighted by Gasteiger charge is -2.35. The van der Waals surface area contributed by atoms with E-state index in [0.29, 0.717) is 37.7 Å². The van der Waals surface area contributed by atoms with Crippen molar-refractivity contribution >= 4 is 11.7 Å². The summed E-state index contributed by atoms with van der Waals surface area (Å²) in [5, 5.41) is 8.80. The molecule has 1 fully saturated rings. The van der Waals surface area contributed by atoms with Crippen molar-refractivity contribution in [2.45, 2.75) is 0 Å². The quantitative estimate of drug-likeness (QED) is 0.351. The van der Waals surface area contributed by atoms with Gasteiger partial charge in [0.1, 0.15) is 23.0 Å². The highest BCUT2D eigenvalue weighted by atomic mass is 16.5. The number of methoxy groups -OCH3 is 1. The normalized spacial score (nSPS) is 13.2. The number of benzene rings is 3. The zero-order valence-electron chi connectivity index (χ0n) is 20.6. The van der Waals surface area contributed by atoms with Gasteiger partial charge in [-0.1, -0.05) is 30.3 Å². The van der Waals surface area contributed by atoms with Crippen LogP contribution in [0.2, 0.25) is 0 Å². The van der Waals surface area contributed by atoms with Crippen LogP contribution in [0.15, 0.2) is 91.0 Å². The molecule has 0 spiro atoms. The minimum Gasteiger partial charge on any atom is -0.497 e. The van der Waals surface area contributed by atoms with E-state index in [1.165, 1.54) is 0 Å². The van der Waals surface area contributed by atoms with Crippen molar-refractivity contribution in [2.24, 2.45) is 0 Å². The molecule has 8 nitrogen and oxygen atoms in total. The Morgan fingerprint density at radius 1 is 0.757 bits per heavy atom. The van der Waals surface area contributed by atoms with Gasteiger partial charge in [-0.3, -0.25) is 4.79 Å². The third kappa shape index (κ3) is 6.16. The van der Waals surface area contributed by atoms with Crippen LogP contribution in [0.5, 0.6) is 23.0 Å². The molecular formula is C29H28N4O4. The molecule has 0 unspecified atom stereocenters. The maximum absolute atomic E-state index is 12.7. The Morgan fingerprint density at radius 3 is 2.16 bits per heavy atom. The highest BCUT2D eigenvalue weighted by Crippen LogP contribution is 2.25. The number of amides is 1. The Bertz CT molecular complexity index is 1310. The van der Waals surface area contributed by atoms with Crippen LogP contribution in [-0.2, 0) is 4.79 Å². The molecule has 0 bridgehead atoms. The van der Waals surface area contributed by atoms with E-state index in [1.807, 2.05) is 83.8 Å². The molecule has 4 aromatic rings. The largest absolute Gasteiger partial charge is 0.497 e. The predicted octanol–water partition coefficient (Wildman–Crippen LogP) is 4.67. The molecule has 0 radical (unpaired) electrons. The number of ether oxygens (including phenoxy) is 3. The van der Waals surface area contributed by atoms with Crippen molar-refractivity contribution in [2.75, 3.05) is 44.8 Å². The molecule has 37 heavy (non-hydrogen) atoms. The summed E-state index contributed by atoms with van der Waals surface area (Å²) in [7, 11) is 1.64. The van der Waals surface area contributed by atoms with Gasteiger partial charge in [-0.25, -0.2) is 0 Å². The Balaban J connectivity index is 1.09. The number of nitrogens with zero attached hydrogens (tertiary/aromatic N) is 4. The van der Waals surface area contributed by atoms with Crippen LogP contribution in [0.25, 0.3) is 11.3 Å². The molecule has 0 aliphatic carbocycles. The van der Waals surface area contributed by atoms with Crippen LogP contribution in [0, 0.1) is 0 Å². The lowest BCUT2D eigenvalue weighted by molar-refractivity contribution is -0.133. The SMILES string of the molecule is COc1cccc(-c2ccc(N3CCN(C(=O)COc4ccc(Oc5ccccc5)cc4)CC3)nn2)c1. The number of aromatic nitrogens is 2. The fourth-order valence-electron chi connectivity index (χ4n) is 4.08. The first-order chi connectivity index (χ1) is 18.2. The maximum Gasteiger partial charge on any atom is 0.260 e. The number of rotatable bonds is 8. The lowest BCUT2D eigenvalue weighted by atomic mass is 10.1. The third-order valence-corrected chi connectivity index (χ3v) is 6.14. The van der Waals surface area contributed by atoms with Gasteiger partial charge in [0.2, 0.25) is 0 Å². The topological polar surface area (TPSA) is 77.0 Å². The van der Waals surface area contributed by atoms with Crippen LogP contribution in [0.4, 0.5) is 5.82 Å². The Labute approximate surface area is 216 Å². The maximum atomic E-state index is 12.7. The number of hydrogen-bond donors (Lipinski definition) is 0. The van der Waals surface area contributed by atoms with E-state index in [0.717, 1.165) is 28.6 Å². The van der Waals surface area contributed by atoms with Crippen LogP contribution < -0.4 is 19.1 Å². The van der Waals surface area contributed by atoms with Crippen molar-refractivity contribution in [3.63, 3.8) is 0 Å². The highest BCUT2D eigenvalue weighted by molar-refractivity contribution is 5.78. The smallest absolute Gasteiger partial charge is 0.260 e. The van der Waals surface area contributed by atoms with Crippen LogP contribution in [-0.4, -0.2) is 60.9 Å². The van der Waals surface area contributed by atoms with Crippen LogP contribution in [0.3, 0.4) is 0 Å². The second-order valence-electron chi connectivity index (χ2n) is 8.55. The van der Waals surface area contributed by atoms with Crippen molar-refractivity contribution in [1.82, 2.24) is 15.1 Å². The molecular weight excluding hydrogens is 468 g/mol. The van der Waals surface area contributed by atoms with Crippen molar-refractivity contribution < 1.29 is 19.0 Å². The Hall–Kier alpha value is -4.59. The van der Waals surface area contributed by atoms with Gasteiger partial charge in [0.25, 0.3) is 5.91 Å². The van der Waals surface area contributed by atoms with E-state index in [9.17, 15) is 4.79 Å². The summed E-state index contributed by atoms with van der Waals surface area (Å²) in [6.07, 6.45) is 0. The first-order valence-corrected chi connectivity index (χ1v) is 12.1. The summed E-state index contributed by atoms with van der Waals surface area (Å²) in [4.78, 5) is 16.7. The lowest BCUT2D eigenvalue weighted by Crippen LogP contribution is -2.50. The van der Waals surface area contributed by atoms with Crippen molar-refractivity contribution in [3.8, 4) is 34.3 Å². The van der Waals surface area contributed by atoms with Crippen LogP contribution in [0.1, 0.15) is 0 Å². The van der Waals surface area contributed by atoms with Crippen LogP contribution >= 0.6 is 0 Å². The number of carbonyl (C=O) groups excluding carboxylic acids is 1. The third-order valence-electron chi connectivity index (χ3n) is 6.14. The van der Waals surface area contributed by atoms with Gasteiger partial charge in [0.15, 0.2) is 12.4 Å². The average molecular weight is 497 g/mol. The fraction of sp³-hybridized carbons (Fsp3) is 0.207. The minimum absolute atomic E-state index is 0.00602. The van der Waals surface area contributed by atoms with Gasteiger partial charge < -0.3 is 24.0 Å². The fourth-order valence-corrected chi connectivity index (χ4v) is 4.08. The average Bonchev–Trinajstić information content (AvgIpc) is 2.97. The molecule has 1 amide bonds. The molecule has 0 N–H and O–H groups in total. The van der Waals surface area contributed by atoms with Crippen molar-refractivity contribution in [3.05, 3.63) is 91.0 Å². The molecule has 1 aromatic heterocycles. The van der Waals surface area contributed by atoms with E-state index in [1.54, 1.807) is 19.2 Å². The Kier molecular flexibility index (Phi) is 7.45. The zero-order chi connectivity index (χ0) is 25.5. The van der Waals surface area contributed by atoms with Gasteiger partial charge in [-0.2, -0.15) is 0 Å². The highest BCUT2D eigenvalue weighted by Gasteiger charge is 2.22. The minimum atomic E-state index is -0.0382. The number of para-hydroxylation sites is 1. The molecule has 1 saturated heterocycles. The molecule has 1 aliphatic rings. The number of carbonyl (C=O) groups is 1. The summed E-state index contributed by atoms with van der Waals surface area (Å²) in [5.74, 6) is 3.64. The molecule has 0 saturated carbocycles. The predicted molar refractivity (Wildman–Crippen MR) is 141 cm³/mol. The zero-order valence-corrected chi connectivity index (χ0v) is 20.6. The first kappa shape index (κ1) is 24.1. The van der Waals surface area contributed by atoms with E-state index < -0.39 is 0 Å². The second-order valence-corrected chi connectivity index (χ2v) is 8.55. The van der Waals surface area contributed by atoms with E-state index in [4.69, 9.17) is 14.2 Å². The van der Waals surface area contributed by atoms with E-state index >= 15 is 0 Å².